The van der Waals surface area contributed by atoms with Crippen molar-refractivity contribution in [3.63, 3.8) is 0 Å². The van der Waals surface area contributed by atoms with Crippen molar-refractivity contribution < 1.29 is 4.39 Å². The Balaban J connectivity index is 1.80. The van der Waals surface area contributed by atoms with Gasteiger partial charge in [0, 0.05) is 6.54 Å². The number of H-pyrrole nitrogens is 1. The molecule has 0 aliphatic heterocycles. The number of likely N-dealkylation sites (N-methyl/N-ethyl adjacent to an activating group) is 1. The third-order valence-corrected chi connectivity index (χ3v) is 3.56. The molecule has 2 aromatic heterocycles. The molecule has 1 atom stereocenters. The van der Waals surface area contributed by atoms with Crippen LogP contribution in [-0.4, -0.2) is 45.5 Å². The zero-order chi connectivity index (χ0) is 15.5. The second kappa shape index (κ2) is 6.07. The van der Waals surface area contributed by atoms with E-state index in [2.05, 4.69) is 30.2 Å². The largest absolute Gasteiger partial charge is 0.366 e. The number of benzene rings is 1. The predicted molar refractivity (Wildman–Crippen MR) is 83.0 cm³/mol. The Labute approximate surface area is 127 Å². The average Bonchev–Trinajstić information content (AvgIpc) is 2.98. The summed E-state index contributed by atoms with van der Waals surface area (Å²) >= 11 is 0. The number of rotatable bonds is 5. The summed E-state index contributed by atoms with van der Waals surface area (Å²) in [7, 11) is 3.98. The number of nitrogens with one attached hydrogen (secondary N) is 2. The smallest absolute Gasteiger partial charge is 0.182 e. The van der Waals surface area contributed by atoms with Gasteiger partial charge in [0.05, 0.1) is 12.4 Å². The molecule has 0 spiro atoms. The van der Waals surface area contributed by atoms with Gasteiger partial charge in [0.2, 0.25) is 0 Å². The molecule has 0 fully saturated rings. The highest BCUT2D eigenvalue weighted by Crippen LogP contribution is 2.21. The monoisotopic (exact) mass is 300 g/mol. The highest BCUT2D eigenvalue weighted by molar-refractivity contribution is 5.81. The Hall–Kier alpha value is -2.54. The predicted octanol–water partition coefficient (Wildman–Crippen LogP) is 2.21. The standard InChI is InChI=1S/C15H17FN6/c1-22(2)12(10-3-5-11(16)6-4-10)7-17-14-13-15(19-8-18-13)21-9-20-14/h3-6,8-9,12H,7H2,1-2H3,(H2,17,18,19,20,21). The number of aromatic amines is 1. The molecule has 22 heavy (non-hydrogen) atoms. The zero-order valence-corrected chi connectivity index (χ0v) is 12.4. The Morgan fingerprint density at radius 1 is 1.18 bits per heavy atom. The molecule has 1 aromatic carbocycles. The number of hydrogen-bond donors (Lipinski definition) is 2. The van der Waals surface area contributed by atoms with E-state index in [1.54, 1.807) is 18.5 Å². The topological polar surface area (TPSA) is 69.7 Å². The lowest BCUT2D eigenvalue weighted by Crippen LogP contribution is -2.27. The van der Waals surface area contributed by atoms with Crippen LogP contribution in [-0.2, 0) is 0 Å². The summed E-state index contributed by atoms with van der Waals surface area (Å²) in [5, 5.41) is 3.31. The molecule has 2 heterocycles. The van der Waals surface area contributed by atoms with Crippen LogP contribution in [0, 0.1) is 5.82 Å². The number of anilines is 1. The van der Waals surface area contributed by atoms with E-state index in [1.807, 2.05) is 14.1 Å². The van der Waals surface area contributed by atoms with E-state index in [9.17, 15) is 4.39 Å². The van der Waals surface area contributed by atoms with Crippen molar-refractivity contribution in [2.24, 2.45) is 0 Å². The summed E-state index contributed by atoms with van der Waals surface area (Å²) in [6.45, 7) is 0.629. The lowest BCUT2D eigenvalue weighted by atomic mass is 10.1. The van der Waals surface area contributed by atoms with E-state index in [0.717, 1.165) is 11.1 Å². The summed E-state index contributed by atoms with van der Waals surface area (Å²) < 4.78 is 13.1. The molecule has 3 rings (SSSR count). The first-order valence-electron chi connectivity index (χ1n) is 6.95. The summed E-state index contributed by atoms with van der Waals surface area (Å²) in [5.41, 5.74) is 2.44. The lowest BCUT2D eigenvalue weighted by molar-refractivity contribution is 0.311. The normalized spacial score (nSPS) is 12.7. The van der Waals surface area contributed by atoms with Gasteiger partial charge in [0.15, 0.2) is 11.5 Å². The summed E-state index contributed by atoms with van der Waals surface area (Å²) in [6.07, 6.45) is 3.07. The molecule has 0 radical (unpaired) electrons. The van der Waals surface area contributed by atoms with Crippen molar-refractivity contribution in [1.29, 1.82) is 0 Å². The van der Waals surface area contributed by atoms with Gasteiger partial charge in [-0.2, -0.15) is 0 Å². The minimum atomic E-state index is -0.232. The molecular formula is C15H17FN6. The van der Waals surface area contributed by atoms with Gasteiger partial charge in [-0.3, -0.25) is 0 Å². The van der Waals surface area contributed by atoms with Crippen LogP contribution >= 0.6 is 0 Å². The van der Waals surface area contributed by atoms with Crippen molar-refractivity contribution in [3.8, 4) is 0 Å². The van der Waals surface area contributed by atoms with E-state index in [0.29, 0.717) is 18.0 Å². The Morgan fingerprint density at radius 3 is 2.68 bits per heavy atom. The second-order valence-electron chi connectivity index (χ2n) is 5.24. The van der Waals surface area contributed by atoms with E-state index in [1.165, 1.54) is 18.5 Å². The minimum Gasteiger partial charge on any atom is -0.366 e. The van der Waals surface area contributed by atoms with Crippen molar-refractivity contribution in [1.82, 2.24) is 24.8 Å². The Bertz CT molecular complexity index is 752. The van der Waals surface area contributed by atoms with E-state index >= 15 is 0 Å². The maximum Gasteiger partial charge on any atom is 0.182 e. The van der Waals surface area contributed by atoms with Gasteiger partial charge in [-0.25, -0.2) is 19.3 Å². The highest BCUT2D eigenvalue weighted by atomic mass is 19.1. The molecular weight excluding hydrogens is 283 g/mol. The zero-order valence-electron chi connectivity index (χ0n) is 12.4. The molecule has 0 saturated heterocycles. The lowest BCUT2D eigenvalue weighted by Gasteiger charge is -2.25. The quantitative estimate of drug-likeness (QED) is 0.756. The van der Waals surface area contributed by atoms with E-state index in [-0.39, 0.29) is 11.9 Å². The van der Waals surface area contributed by atoms with Crippen LogP contribution in [0.5, 0.6) is 0 Å². The van der Waals surface area contributed by atoms with Crippen LogP contribution in [0.2, 0.25) is 0 Å². The maximum atomic E-state index is 13.1. The first-order chi connectivity index (χ1) is 10.6. The fourth-order valence-electron chi connectivity index (χ4n) is 2.38. The number of fused-ring (bicyclic) bond motifs is 1. The maximum absolute atomic E-state index is 13.1. The van der Waals surface area contributed by atoms with E-state index in [4.69, 9.17) is 0 Å². The van der Waals surface area contributed by atoms with Gasteiger partial charge in [0.25, 0.3) is 0 Å². The molecule has 3 aromatic rings. The number of imidazole rings is 1. The fraction of sp³-hybridized carbons (Fsp3) is 0.267. The number of halogens is 1. The molecule has 7 heteroatoms. The highest BCUT2D eigenvalue weighted by Gasteiger charge is 2.15. The molecule has 6 nitrogen and oxygen atoms in total. The number of nitrogens with zero attached hydrogens (tertiary/aromatic N) is 4. The molecule has 2 N–H and O–H groups in total. The number of hydrogen-bond acceptors (Lipinski definition) is 5. The second-order valence-corrected chi connectivity index (χ2v) is 5.24. The molecule has 0 saturated carbocycles. The van der Waals surface area contributed by atoms with Crippen molar-refractivity contribution >= 4 is 17.0 Å². The molecule has 0 aliphatic carbocycles. The molecule has 1 unspecified atom stereocenters. The van der Waals surface area contributed by atoms with Crippen LogP contribution < -0.4 is 5.32 Å². The average molecular weight is 300 g/mol. The minimum absolute atomic E-state index is 0.0912. The van der Waals surface area contributed by atoms with E-state index < -0.39 is 0 Å². The summed E-state index contributed by atoms with van der Waals surface area (Å²) in [4.78, 5) is 17.5. The van der Waals surface area contributed by atoms with Crippen LogP contribution in [0.4, 0.5) is 10.2 Å². The SMILES string of the molecule is CN(C)C(CNc1ncnc2nc[nH]c12)c1ccc(F)cc1. The van der Waals surface area contributed by atoms with Crippen LogP contribution in [0.3, 0.4) is 0 Å². The first kappa shape index (κ1) is 14.4. The van der Waals surface area contributed by atoms with Gasteiger partial charge in [-0.05, 0) is 31.8 Å². The fourth-order valence-corrected chi connectivity index (χ4v) is 2.38. The van der Waals surface area contributed by atoms with Crippen molar-refractivity contribution in [3.05, 3.63) is 48.3 Å². The van der Waals surface area contributed by atoms with Crippen molar-refractivity contribution in [2.75, 3.05) is 26.0 Å². The molecule has 0 aliphatic rings. The van der Waals surface area contributed by atoms with Gasteiger partial charge in [-0.15, -0.1) is 0 Å². The van der Waals surface area contributed by atoms with Gasteiger partial charge < -0.3 is 15.2 Å². The van der Waals surface area contributed by atoms with Crippen LogP contribution in [0.25, 0.3) is 11.2 Å². The molecule has 0 amide bonds. The molecule has 0 bridgehead atoms. The summed E-state index contributed by atoms with van der Waals surface area (Å²) in [6, 6.07) is 6.64. The van der Waals surface area contributed by atoms with Crippen molar-refractivity contribution in [2.45, 2.75) is 6.04 Å². The van der Waals surface area contributed by atoms with Crippen LogP contribution in [0.1, 0.15) is 11.6 Å². The van der Waals surface area contributed by atoms with Gasteiger partial charge in [0.1, 0.15) is 17.7 Å². The Morgan fingerprint density at radius 2 is 1.95 bits per heavy atom. The van der Waals surface area contributed by atoms with Crippen LogP contribution in [0.15, 0.2) is 36.9 Å². The summed E-state index contributed by atoms with van der Waals surface area (Å²) in [5.74, 6) is 0.473. The number of aromatic nitrogens is 4. The Kier molecular flexibility index (Phi) is 3.97. The van der Waals surface area contributed by atoms with Gasteiger partial charge in [-0.1, -0.05) is 12.1 Å². The molecule has 114 valence electrons. The third-order valence-electron chi connectivity index (χ3n) is 3.56. The first-order valence-corrected chi connectivity index (χ1v) is 6.95. The third kappa shape index (κ3) is 2.89. The van der Waals surface area contributed by atoms with Gasteiger partial charge >= 0.3 is 0 Å².